The molecule has 0 atom stereocenters. The minimum absolute atomic E-state index is 0.0143. The van der Waals surface area contributed by atoms with Crippen molar-refractivity contribution in [3.8, 4) is 23.0 Å². The van der Waals surface area contributed by atoms with Crippen molar-refractivity contribution < 1.29 is 30.0 Å². The van der Waals surface area contributed by atoms with Crippen LogP contribution in [0.15, 0.2) is 130 Å². The largest absolute Gasteiger partial charge is 0.507 e. The van der Waals surface area contributed by atoms with Gasteiger partial charge in [0.05, 0.1) is 22.7 Å². The van der Waals surface area contributed by atoms with Gasteiger partial charge >= 0.3 is 0 Å². The third kappa shape index (κ3) is 11.6. The first-order valence-corrected chi connectivity index (χ1v) is 22.5. The molecule has 0 spiro atoms. The molecule has 1 aliphatic carbocycles. The van der Waals surface area contributed by atoms with E-state index >= 15 is 0 Å². The average molecular weight is 865 g/mol. The number of rotatable bonds is 12. The van der Waals surface area contributed by atoms with E-state index in [4.69, 9.17) is 0 Å². The molecule has 0 fully saturated rings. The molecule has 62 heavy (non-hydrogen) atoms. The molecule has 6 aromatic carbocycles. The zero-order valence-electron chi connectivity index (χ0n) is 34.7. The van der Waals surface area contributed by atoms with Gasteiger partial charge in [-0.25, -0.2) is 0 Å². The Labute approximate surface area is 369 Å². The minimum atomic E-state index is 0.0143. The maximum absolute atomic E-state index is 12.1. The maximum Gasteiger partial charge on any atom is 0.185 e. The van der Waals surface area contributed by atoms with Gasteiger partial charge in [0.1, 0.15) is 23.0 Å². The number of phenols is 4. The summed E-state index contributed by atoms with van der Waals surface area (Å²) in [6.07, 6.45) is 3.26. The third-order valence-electron chi connectivity index (χ3n) is 10.6. The first kappa shape index (κ1) is 43.8. The normalized spacial score (nSPS) is 12.5. The molecule has 6 aromatic rings. The lowest BCUT2D eigenvalue weighted by molar-refractivity contribution is -0.109. The monoisotopic (exact) mass is 864 g/mol. The highest BCUT2D eigenvalue weighted by Crippen LogP contribution is 2.41. The van der Waals surface area contributed by atoms with Crippen molar-refractivity contribution in [1.82, 2.24) is 0 Å². The Hall–Kier alpha value is -6.24. The number of phenolic OH excluding ortho intramolecular Hbond substituents is 4. The van der Waals surface area contributed by atoms with Crippen molar-refractivity contribution >= 4 is 56.5 Å². The molecule has 0 heterocycles. The number of thioether (sulfide) groups is 2. The molecule has 10 nitrogen and oxygen atoms in total. The van der Waals surface area contributed by atoms with Crippen LogP contribution >= 0.6 is 23.5 Å². The van der Waals surface area contributed by atoms with E-state index < -0.39 is 0 Å². The Morgan fingerprint density at radius 1 is 0.435 bits per heavy atom. The van der Waals surface area contributed by atoms with Gasteiger partial charge in [0.2, 0.25) is 0 Å². The van der Waals surface area contributed by atoms with Crippen LogP contribution in [0.3, 0.4) is 0 Å². The summed E-state index contributed by atoms with van der Waals surface area (Å²) in [7, 11) is 0. The summed E-state index contributed by atoms with van der Waals surface area (Å²) in [5, 5.41) is 66.4. The number of aryl methyl sites for hydroxylation is 2. The molecular weight excluding hydrogens is 817 g/mol. The molecule has 0 radical (unpaired) electrons. The number of azo groups is 2. The number of aromatic hydroxyl groups is 4. The molecule has 8 bridgehead atoms. The van der Waals surface area contributed by atoms with Crippen molar-refractivity contribution in [2.24, 2.45) is 20.5 Å². The molecule has 1 aliphatic rings. The van der Waals surface area contributed by atoms with Crippen molar-refractivity contribution in [1.29, 1.82) is 0 Å². The van der Waals surface area contributed by atoms with E-state index in [-0.39, 0.29) is 58.9 Å². The molecule has 0 aliphatic heterocycles. The van der Waals surface area contributed by atoms with Crippen molar-refractivity contribution in [2.75, 3.05) is 11.5 Å². The van der Waals surface area contributed by atoms with Gasteiger partial charge in [-0.15, -0.1) is 0 Å². The van der Waals surface area contributed by atoms with Gasteiger partial charge in [-0.3, -0.25) is 9.59 Å². The van der Waals surface area contributed by atoms with E-state index in [1.54, 1.807) is 38.1 Å². The van der Waals surface area contributed by atoms with Crippen molar-refractivity contribution in [3.63, 3.8) is 0 Å². The van der Waals surface area contributed by atoms with Crippen LogP contribution in [0.2, 0.25) is 0 Å². The molecule has 0 aromatic heterocycles. The number of hydrogen-bond acceptors (Lipinski definition) is 12. The molecule has 4 N–H and O–H groups in total. The fourth-order valence-corrected chi connectivity index (χ4v) is 8.81. The Balaban J connectivity index is 1.40. The van der Waals surface area contributed by atoms with Crippen LogP contribution in [-0.2, 0) is 48.1 Å². The predicted molar refractivity (Wildman–Crippen MR) is 248 cm³/mol. The lowest BCUT2D eigenvalue weighted by Gasteiger charge is -2.19. The van der Waals surface area contributed by atoms with Crippen LogP contribution in [0.4, 0.5) is 22.7 Å². The van der Waals surface area contributed by atoms with Crippen LogP contribution in [0.1, 0.15) is 82.3 Å². The van der Waals surface area contributed by atoms with E-state index in [9.17, 15) is 30.0 Å². The number of benzene rings is 6. The molecular formula is C50H48N4O6S2. The number of carbonyl (C=O) groups is 2. The third-order valence-corrected chi connectivity index (χ3v) is 12.4. The molecule has 0 amide bonds. The van der Waals surface area contributed by atoms with Gasteiger partial charge in [-0.05, 0) is 108 Å². The highest BCUT2D eigenvalue weighted by atomic mass is 32.2. The first-order chi connectivity index (χ1) is 30.0. The van der Waals surface area contributed by atoms with Crippen LogP contribution in [0.25, 0.3) is 0 Å². The van der Waals surface area contributed by atoms with E-state index in [2.05, 4.69) is 20.5 Å². The summed E-state index contributed by atoms with van der Waals surface area (Å²) >= 11 is 2.55. The lowest BCUT2D eigenvalue weighted by atomic mass is 9.88. The Bertz CT molecular complexity index is 2370. The summed E-state index contributed by atoms with van der Waals surface area (Å²) in [5.74, 6) is 1.38. The molecule has 7 rings (SSSR count). The summed E-state index contributed by atoms with van der Waals surface area (Å²) < 4.78 is 0. The second-order valence-electron chi connectivity index (χ2n) is 15.4. The average Bonchev–Trinajstić information content (AvgIpc) is 3.25. The summed E-state index contributed by atoms with van der Waals surface area (Å²) in [6, 6.07) is 33.4. The maximum atomic E-state index is 12.1. The summed E-state index contributed by atoms with van der Waals surface area (Å²) in [5.41, 5.74) is 8.46. The van der Waals surface area contributed by atoms with E-state index in [0.29, 0.717) is 91.6 Å². The van der Waals surface area contributed by atoms with Gasteiger partial charge in [0, 0.05) is 73.3 Å². The lowest BCUT2D eigenvalue weighted by Crippen LogP contribution is -2.03. The Morgan fingerprint density at radius 3 is 1.00 bits per heavy atom. The zero-order chi connectivity index (χ0) is 43.6. The first-order valence-electron chi connectivity index (χ1n) is 20.6. The van der Waals surface area contributed by atoms with Gasteiger partial charge in [0.25, 0.3) is 0 Å². The fraction of sp³-hybridized carbons (Fsp3) is 0.240. The van der Waals surface area contributed by atoms with Gasteiger partial charge in [0.15, 0.2) is 10.2 Å². The van der Waals surface area contributed by atoms with Crippen molar-refractivity contribution in [3.05, 3.63) is 165 Å². The fourth-order valence-electron chi connectivity index (χ4n) is 7.66. The second-order valence-corrected chi connectivity index (χ2v) is 18.0. The summed E-state index contributed by atoms with van der Waals surface area (Å²) in [4.78, 5) is 23.4. The van der Waals surface area contributed by atoms with Gasteiger partial charge in [-0.2, -0.15) is 20.5 Å². The molecule has 0 saturated heterocycles. The minimum Gasteiger partial charge on any atom is -0.507 e. The predicted octanol–water partition coefficient (Wildman–Crippen LogP) is 12.4. The van der Waals surface area contributed by atoms with Gasteiger partial charge in [-0.1, -0.05) is 84.2 Å². The van der Waals surface area contributed by atoms with E-state index in [1.165, 1.54) is 23.5 Å². The van der Waals surface area contributed by atoms with Gasteiger partial charge < -0.3 is 20.4 Å². The number of carbonyl (C=O) groups excluding carboxylic acids is 2. The van der Waals surface area contributed by atoms with E-state index in [1.807, 2.05) is 84.9 Å². The van der Waals surface area contributed by atoms with E-state index in [0.717, 1.165) is 24.0 Å². The highest BCUT2D eigenvalue weighted by molar-refractivity contribution is 8.13. The standard InChI is InChI=1S/C50H48N4O6S2/c1-31(55)61-17-9-11-33-19-35-23-39-27-45(53-51-43-13-5-3-6-14-43)29-41(49(39)59)25-37-21-34(12-10-18-62-32(2)56)22-38(48(37)58)26-42-30-46(54-52-44-15-7-4-8-16-44)28-40(50(42)60)24-36(20-33)47(35)57/h3-8,13-16,19-22,27-30,57-60H,9-12,17-18,23-26H2,1-2H3. The quantitative estimate of drug-likeness (QED) is 0.0696. The van der Waals surface area contributed by atoms with Crippen molar-refractivity contribution in [2.45, 2.75) is 65.2 Å². The van der Waals surface area contributed by atoms with Crippen LogP contribution in [-0.4, -0.2) is 42.2 Å². The van der Waals surface area contributed by atoms with Crippen LogP contribution in [0, 0.1) is 0 Å². The molecule has 316 valence electrons. The molecule has 12 heteroatoms. The van der Waals surface area contributed by atoms with Crippen LogP contribution in [0.5, 0.6) is 23.0 Å². The molecule has 0 unspecified atom stereocenters. The number of hydrogen-bond donors (Lipinski definition) is 4. The Kier molecular flexibility index (Phi) is 14.5. The highest BCUT2D eigenvalue weighted by Gasteiger charge is 2.22. The zero-order valence-corrected chi connectivity index (χ0v) is 36.3. The smallest absolute Gasteiger partial charge is 0.185 e. The summed E-state index contributed by atoms with van der Waals surface area (Å²) in [6.45, 7) is 3.11. The second kappa shape index (κ2) is 20.5. The SMILES string of the molecule is CC(=O)SCCCc1cc2c(O)c(c1)Cc1cc(N=Nc3ccccc3)cc(c1O)Cc1cc(CCCSC(C)=O)cc(c1O)Cc1cc(N=Nc3ccccc3)cc(c1O)C2. The number of nitrogens with zero attached hydrogens (tertiary/aromatic N) is 4. The van der Waals surface area contributed by atoms with Crippen LogP contribution < -0.4 is 0 Å². The topological polar surface area (TPSA) is 164 Å². The Morgan fingerprint density at radius 2 is 0.710 bits per heavy atom. The molecule has 0 saturated carbocycles. The number of fused-ring (bicyclic) bond motifs is 8.